The Kier molecular flexibility index (Phi) is 2.29. The van der Waals surface area contributed by atoms with Crippen LogP contribution in [0.4, 0.5) is 0 Å². The maximum atomic E-state index is 5.95. The summed E-state index contributed by atoms with van der Waals surface area (Å²) in [5.74, 6) is 1.90. The van der Waals surface area contributed by atoms with Gasteiger partial charge in [0.2, 0.25) is 0 Å². The van der Waals surface area contributed by atoms with Crippen molar-refractivity contribution >= 4 is 6.08 Å². The predicted octanol–water partition coefficient (Wildman–Crippen LogP) is 1.94. The van der Waals surface area contributed by atoms with Crippen molar-refractivity contribution in [2.24, 2.45) is 10.9 Å². The Hall–Kier alpha value is -1.57. The van der Waals surface area contributed by atoms with Crippen LogP contribution < -0.4 is 10.6 Å². The maximum Gasteiger partial charge on any atom is 0.104 e. The second kappa shape index (κ2) is 3.98. The Morgan fingerprint density at radius 1 is 1.11 bits per heavy atom. The molecule has 2 atom stereocenters. The van der Waals surface area contributed by atoms with Crippen molar-refractivity contribution in [3.05, 3.63) is 46.2 Å². The summed E-state index contributed by atoms with van der Waals surface area (Å²) in [7, 11) is 0. The average Bonchev–Trinajstić information content (AvgIpc) is 2.45. The van der Waals surface area contributed by atoms with Crippen LogP contribution in [0.5, 0.6) is 0 Å². The summed E-state index contributed by atoms with van der Waals surface area (Å²) in [4.78, 5) is 4.89. The molecule has 2 unspecified atom stereocenters. The van der Waals surface area contributed by atoms with Crippen LogP contribution in [-0.2, 0) is 4.74 Å². The zero-order valence-corrected chi connectivity index (χ0v) is 10.4. The van der Waals surface area contributed by atoms with Crippen molar-refractivity contribution in [1.82, 2.24) is 0 Å². The van der Waals surface area contributed by atoms with Gasteiger partial charge in [0.1, 0.15) is 5.76 Å². The fraction of sp³-hybridized carbons (Fsp3) is 0.438. The van der Waals surface area contributed by atoms with E-state index in [0.717, 1.165) is 12.0 Å². The third-order valence-electron chi connectivity index (χ3n) is 4.30. The van der Waals surface area contributed by atoms with Gasteiger partial charge in [-0.1, -0.05) is 18.2 Å². The van der Waals surface area contributed by atoms with E-state index >= 15 is 0 Å². The van der Waals surface area contributed by atoms with Crippen LogP contribution in [0.3, 0.4) is 0 Å². The third-order valence-corrected chi connectivity index (χ3v) is 4.30. The highest BCUT2D eigenvalue weighted by Gasteiger charge is 2.32. The van der Waals surface area contributed by atoms with Crippen LogP contribution in [0, 0.1) is 5.92 Å². The number of rotatable bonds is 0. The summed E-state index contributed by atoms with van der Waals surface area (Å²) in [6, 6.07) is 8.75. The highest BCUT2D eigenvalue weighted by Crippen LogP contribution is 2.38. The van der Waals surface area contributed by atoms with Crippen LogP contribution in [0.1, 0.15) is 25.7 Å². The van der Waals surface area contributed by atoms with Gasteiger partial charge >= 0.3 is 0 Å². The number of benzene rings is 1. The molecule has 3 aliphatic rings. The van der Waals surface area contributed by atoms with Gasteiger partial charge in [0.25, 0.3) is 0 Å². The number of hydrogen-bond acceptors (Lipinski definition) is 2. The Balaban J connectivity index is 1.92. The molecule has 0 saturated carbocycles. The molecule has 1 fully saturated rings. The summed E-state index contributed by atoms with van der Waals surface area (Å²) in [6.07, 6.45) is 7.22. The van der Waals surface area contributed by atoms with Crippen molar-refractivity contribution in [3.63, 3.8) is 0 Å². The van der Waals surface area contributed by atoms with Crippen molar-refractivity contribution < 1.29 is 4.74 Å². The molecule has 0 spiro atoms. The monoisotopic (exact) mass is 239 g/mol. The maximum absolute atomic E-state index is 5.95. The van der Waals surface area contributed by atoms with E-state index in [9.17, 15) is 0 Å². The number of allylic oxidation sites excluding steroid dienone is 1. The Morgan fingerprint density at radius 3 is 3.06 bits per heavy atom. The molecule has 4 rings (SSSR count). The first kappa shape index (κ1) is 10.4. The lowest BCUT2D eigenvalue weighted by Gasteiger charge is -2.35. The summed E-state index contributed by atoms with van der Waals surface area (Å²) >= 11 is 0. The molecule has 2 aliphatic heterocycles. The molecule has 0 radical (unpaired) electrons. The van der Waals surface area contributed by atoms with Crippen molar-refractivity contribution in [3.8, 4) is 0 Å². The zero-order chi connectivity index (χ0) is 11.9. The van der Waals surface area contributed by atoms with Crippen LogP contribution >= 0.6 is 0 Å². The van der Waals surface area contributed by atoms with Gasteiger partial charge in [-0.15, -0.1) is 0 Å². The van der Waals surface area contributed by atoms with E-state index in [1.807, 2.05) is 0 Å². The van der Waals surface area contributed by atoms with Gasteiger partial charge in [-0.3, -0.25) is 4.99 Å². The van der Waals surface area contributed by atoms with E-state index in [0.29, 0.717) is 12.0 Å². The first-order valence-electron chi connectivity index (χ1n) is 6.93. The zero-order valence-electron chi connectivity index (χ0n) is 10.4. The van der Waals surface area contributed by atoms with Gasteiger partial charge in [0.15, 0.2) is 0 Å². The van der Waals surface area contributed by atoms with Gasteiger partial charge in [-0.05, 0) is 37.8 Å². The van der Waals surface area contributed by atoms with E-state index < -0.39 is 0 Å². The van der Waals surface area contributed by atoms with E-state index in [1.54, 1.807) is 0 Å². The number of hydrogen-bond donors (Lipinski definition) is 0. The topological polar surface area (TPSA) is 21.6 Å². The molecular weight excluding hydrogens is 222 g/mol. The highest BCUT2D eigenvalue weighted by atomic mass is 16.5. The molecule has 1 saturated heterocycles. The van der Waals surface area contributed by atoms with E-state index in [4.69, 9.17) is 9.73 Å². The lowest BCUT2D eigenvalue weighted by Crippen LogP contribution is -2.36. The van der Waals surface area contributed by atoms with Crippen LogP contribution in [0.2, 0.25) is 0 Å². The van der Waals surface area contributed by atoms with E-state index in [1.165, 1.54) is 42.2 Å². The lowest BCUT2D eigenvalue weighted by atomic mass is 9.80. The molecular formula is C16H17NO. The highest BCUT2D eigenvalue weighted by molar-refractivity contribution is 5.54. The Labute approximate surface area is 107 Å². The van der Waals surface area contributed by atoms with Crippen LogP contribution in [0.15, 0.2) is 40.6 Å². The largest absolute Gasteiger partial charge is 0.497 e. The quantitative estimate of drug-likeness (QED) is 0.678. The smallest absolute Gasteiger partial charge is 0.104 e. The number of para-hydroxylation sites is 1. The summed E-state index contributed by atoms with van der Waals surface area (Å²) < 4.78 is 5.95. The van der Waals surface area contributed by atoms with Crippen molar-refractivity contribution in [2.45, 2.75) is 31.7 Å². The predicted molar refractivity (Wildman–Crippen MR) is 70.4 cm³/mol. The molecule has 0 aromatic heterocycles. The Bertz CT molecular complexity index is 629. The molecule has 2 heteroatoms. The summed E-state index contributed by atoms with van der Waals surface area (Å²) in [5.41, 5.74) is 1.35. The molecule has 92 valence electrons. The van der Waals surface area contributed by atoms with Crippen LogP contribution in [-0.4, -0.2) is 12.6 Å². The van der Waals surface area contributed by atoms with E-state index in [2.05, 4.69) is 30.3 Å². The molecule has 18 heavy (non-hydrogen) atoms. The first-order valence-corrected chi connectivity index (χ1v) is 6.93. The third kappa shape index (κ3) is 1.52. The molecule has 2 heterocycles. The fourth-order valence-electron chi connectivity index (χ4n) is 3.40. The molecule has 1 aromatic rings. The summed E-state index contributed by atoms with van der Waals surface area (Å²) in [6.45, 7) is 0.886. The fourth-order valence-corrected chi connectivity index (χ4v) is 3.40. The molecule has 2 nitrogen and oxygen atoms in total. The second-order valence-corrected chi connectivity index (χ2v) is 5.43. The van der Waals surface area contributed by atoms with Crippen LogP contribution in [0.25, 0.3) is 6.08 Å². The molecule has 0 amide bonds. The van der Waals surface area contributed by atoms with Gasteiger partial charge in [0.05, 0.1) is 18.0 Å². The van der Waals surface area contributed by atoms with Crippen molar-refractivity contribution in [1.29, 1.82) is 0 Å². The number of nitrogens with zero attached hydrogens (tertiary/aromatic N) is 1. The number of ether oxygens (including phenoxy) is 1. The molecule has 1 aliphatic carbocycles. The minimum Gasteiger partial charge on any atom is -0.497 e. The minimum absolute atomic E-state index is 0.337. The summed E-state index contributed by atoms with van der Waals surface area (Å²) in [5, 5.41) is 2.38. The van der Waals surface area contributed by atoms with E-state index in [-0.39, 0.29) is 0 Å². The minimum atomic E-state index is 0.337. The average molecular weight is 239 g/mol. The lowest BCUT2D eigenvalue weighted by molar-refractivity contribution is 0.112. The second-order valence-electron chi connectivity index (χ2n) is 5.43. The standard InChI is InChI=1S/C16H17NO/c1-2-6-14-12(4-1)10-13-15(17-14)8-7-11-5-3-9-18-16(11)13/h1-2,4,6,10-11,15H,3,5,7-9H2. The molecule has 1 aromatic carbocycles. The van der Waals surface area contributed by atoms with Gasteiger partial charge in [0, 0.05) is 16.7 Å². The van der Waals surface area contributed by atoms with Crippen molar-refractivity contribution in [2.75, 3.05) is 6.61 Å². The van der Waals surface area contributed by atoms with Gasteiger partial charge in [-0.25, -0.2) is 0 Å². The van der Waals surface area contributed by atoms with Gasteiger partial charge in [-0.2, -0.15) is 0 Å². The first-order chi connectivity index (χ1) is 8.92. The molecule has 0 N–H and O–H groups in total. The number of fused-ring (bicyclic) bond motifs is 3. The normalized spacial score (nSPS) is 29.1. The Morgan fingerprint density at radius 2 is 2.06 bits per heavy atom. The van der Waals surface area contributed by atoms with Gasteiger partial charge < -0.3 is 4.74 Å². The molecule has 0 bridgehead atoms. The SMILES string of the molecule is C1=c2ccccc2=NC2CCC3CCCOC3=C12.